The lowest BCUT2D eigenvalue weighted by Gasteiger charge is -2.24. The maximum Gasteiger partial charge on any atom is 0.387 e. The third-order valence-electron chi connectivity index (χ3n) is 8.10. The highest BCUT2D eigenvalue weighted by Crippen LogP contribution is 2.50. The van der Waals surface area contributed by atoms with Gasteiger partial charge in [0.25, 0.3) is 5.91 Å². The van der Waals surface area contributed by atoms with Gasteiger partial charge in [-0.2, -0.15) is 8.78 Å². The van der Waals surface area contributed by atoms with Gasteiger partial charge in [0.1, 0.15) is 17.2 Å². The molecule has 2 aliphatic heterocycles. The highest BCUT2D eigenvalue weighted by atomic mass is 19.3. The number of hydrogen-bond acceptors (Lipinski definition) is 5. The van der Waals surface area contributed by atoms with Crippen molar-refractivity contribution in [3.8, 4) is 16.9 Å². The summed E-state index contributed by atoms with van der Waals surface area (Å²) >= 11 is 0. The van der Waals surface area contributed by atoms with Crippen molar-refractivity contribution in [2.45, 2.75) is 50.5 Å². The molecule has 1 amide bonds. The molecule has 37 heavy (non-hydrogen) atoms. The third kappa shape index (κ3) is 3.16. The molecular formula is C28H24F2N4O3. The number of carbonyl (C=O) groups is 1. The molecule has 2 aromatic heterocycles. The first kappa shape index (κ1) is 22.4. The van der Waals surface area contributed by atoms with Crippen LogP contribution in [0, 0.1) is 0 Å². The Hall–Kier alpha value is -3.85. The van der Waals surface area contributed by atoms with Gasteiger partial charge in [-0.05, 0) is 61.2 Å². The van der Waals surface area contributed by atoms with E-state index in [2.05, 4.69) is 15.6 Å². The maximum absolute atomic E-state index is 13.3. The summed E-state index contributed by atoms with van der Waals surface area (Å²) in [5.41, 5.74) is 5.18. The van der Waals surface area contributed by atoms with E-state index in [0.29, 0.717) is 24.0 Å². The zero-order chi connectivity index (χ0) is 25.6. The Labute approximate surface area is 211 Å². The van der Waals surface area contributed by atoms with Gasteiger partial charge in [0.2, 0.25) is 0 Å². The van der Waals surface area contributed by atoms with Crippen molar-refractivity contribution in [2.75, 3.05) is 7.05 Å². The molecule has 1 aliphatic carbocycles. The van der Waals surface area contributed by atoms with Crippen molar-refractivity contribution in [3.05, 3.63) is 76.9 Å². The molecule has 0 saturated carbocycles. The smallest absolute Gasteiger partial charge is 0.387 e. The van der Waals surface area contributed by atoms with Gasteiger partial charge in [0.15, 0.2) is 0 Å². The Kier molecular flexibility index (Phi) is 4.58. The third-order valence-corrected chi connectivity index (χ3v) is 8.10. The average Bonchev–Trinajstić information content (AvgIpc) is 3.50. The van der Waals surface area contributed by atoms with Gasteiger partial charge in [0, 0.05) is 36.4 Å². The van der Waals surface area contributed by atoms with Crippen molar-refractivity contribution >= 4 is 16.9 Å². The van der Waals surface area contributed by atoms with Gasteiger partial charge in [-0.1, -0.05) is 12.1 Å². The summed E-state index contributed by atoms with van der Waals surface area (Å²) in [6.07, 6.45) is 3.71. The molecule has 9 heteroatoms. The summed E-state index contributed by atoms with van der Waals surface area (Å²) in [5.74, 6) is 0.510. The summed E-state index contributed by atoms with van der Waals surface area (Å²) < 4.78 is 33.6. The van der Waals surface area contributed by atoms with Crippen molar-refractivity contribution in [3.63, 3.8) is 0 Å². The Balaban J connectivity index is 1.41. The fraction of sp³-hybridized carbons (Fsp3) is 0.321. The van der Waals surface area contributed by atoms with Crippen LogP contribution in [-0.4, -0.2) is 44.1 Å². The van der Waals surface area contributed by atoms with Gasteiger partial charge in [0.05, 0.1) is 28.8 Å². The predicted molar refractivity (Wildman–Crippen MR) is 132 cm³/mol. The van der Waals surface area contributed by atoms with Gasteiger partial charge in [-0.3, -0.25) is 9.78 Å². The summed E-state index contributed by atoms with van der Waals surface area (Å²) in [4.78, 5) is 24.4. The highest BCUT2D eigenvalue weighted by molar-refractivity contribution is 5.98. The molecule has 7 nitrogen and oxygen atoms in total. The summed E-state index contributed by atoms with van der Waals surface area (Å²) in [5, 5.41) is 10.6. The lowest BCUT2D eigenvalue weighted by Crippen LogP contribution is -2.30. The number of pyridine rings is 1. The molecule has 7 rings (SSSR count). The van der Waals surface area contributed by atoms with Crippen LogP contribution in [0.5, 0.6) is 5.75 Å². The largest absolute Gasteiger partial charge is 0.434 e. The van der Waals surface area contributed by atoms with E-state index in [4.69, 9.17) is 9.72 Å². The lowest BCUT2D eigenvalue weighted by atomic mass is 9.97. The second-order valence-corrected chi connectivity index (χ2v) is 10.3. The zero-order valence-corrected chi connectivity index (χ0v) is 20.3. The van der Waals surface area contributed by atoms with E-state index < -0.39 is 12.2 Å². The normalized spacial score (nSPS) is 23.8. The van der Waals surface area contributed by atoms with Crippen LogP contribution in [0.25, 0.3) is 22.2 Å². The van der Waals surface area contributed by atoms with Crippen LogP contribution in [0.2, 0.25) is 0 Å². The molecule has 0 fully saturated rings. The number of amides is 1. The molecule has 4 heterocycles. The van der Waals surface area contributed by atoms with Crippen LogP contribution in [0.4, 0.5) is 8.78 Å². The number of rotatable bonds is 3. The van der Waals surface area contributed by atoms with E-state index in [-0.39, 0.29) is 23.7 Å². The van der Waals surface area contributed by atoms with Gasteiger partial charge in [-0.15, -0.1) is 0 Å². The number of fused-ring (bicyclic) bond motifs is 10. The maximum atomic E-state index is 13.3. The zero-order valence-electron chi connectivity index (χ0n) is 20.3. The van der Waals surface area contributed by atoms with E-state index in [9.17, 15) is 18.7 Å². The van der Waals surface area contributed by atoms with E-state index in [1.165, 1.54) is 6.07 Å². The summed E-state index contributed by atoms with van der Waals surface area (Å²) in [6.45, 7) is -1.21. The number of aryl methyl sites for hydroxylation is 1. The van der Waals surface area contributed by atoms with E-state index in [0.717, 1.165) is 45.7 Å². The first-order valence-electron chi connectivity index (χ1n) is 12.3. The Morgan fingerprint density at radius 3 is 2.81 bits per heavy atom. The Morgan fingerprint density at radius 2 is 2.00 bits per heavy atom. The second kappa shape index (κ2) is 7.58. The number of nitrogens with zero attached hydrogens (tertiary/aromatic N) is 4. The number of carbonyl (C=O) groups excluding carboxylic acids is 1. The van der Waals surface area contributed by atoms with Crippen molar-refractivity contribution in [1.82, 2.24) is 19.4 Å². The standard InChI is InChI=1S/C28H24F2N4O3/c1-28(36)9-8-15-10-16(13-31-24(15)28)14-6-7-18-19(11-14)34-20-12-21(25(34)32-18)33(2)26(35)17-4-3-5-22(23(17)20)37-27(29)30/h3-7,10-11,13,20-21,27,36H,8-9,12H2,1-2H3/t20-,21-,28-/m1/s1. The van der Waals surface area contributed by atoms with Crippen molar-refractivity contribution in [2.24, 2.45) is 0 Å². The number of alkyl halides is 2. The molecule has 188 valence electrons. The second-order valence-electron chi connectivity index (χ2n) is 10.3. The SMILES string of the molecule is CN1C(=O)c2cccc(OC(F)F)c2[C@H]2C[C@@H]1c1nc3ccc(-c4cnc5c(c4)CC[C@@]5(C)O)cc3n12. The van der Waals surface area contributed by atoms with Gasteiger partial charge >= 0.3 is 6.61 Å². The van der Waals surface area contributed by atoms with Crippen molar-refractivity contribution in [1.29, 1.82) is 0 Å². The summed E-state index contributed by atoms with van der Waals surface area (Å²) in [7, 11) is 1.73. The number of benzene rings is 2. The van der Waals surface area contributed by atoms with E-state index >= 15 is 0 Å². The fourth-order valence-corrected chi connectivity index (χ4v) is 6.30. The van der Waals surface area contributed by atoms with Crippen LogP contribution in [0.15, 0.2) is 48.7 Å². The fourth-order valence-electron chi connectivity index (χ4n) is 6.30. The predicted octanol–water partition coefficient (Wildman–Crippen LogP) is 4.97. The molecule has 0 radical (unpaired) electrons. The van der Waals surface area contributed by atoms with Crippen LogP contribution >= 0.6 is 0 Å². The molecule has 1 N–H and O–H groups in total. The molecule has 3 atom stereocenters. The minimum absolute atomic E-state index is 0.0145. The number of hydrogen-bond donors (Lipinski definition) is 1. The number of aliphatic hydroxyl groups is 1. The minimum Gasteiger partial charge on any atom is -0.434 e. The Morgan fingerprint density at radius 1 is 1.16 bits per heavy atom. The number of imidazole rings is 1. The van der Waals surface area contributed by atoms with Gasteiger partial charge < -0.3 is 19.3 Å². The van der Waals surface area contributed by atoms with Crippen LogP contribution < -0.4 is 4.74 Å². The topological polar surface area (TPSA) is 80.5 Å². The van der Waals surface area contributed by atoms with Crippen LogP contribution in [0.1, 0.15) is 64.9 Å². The minimum atomic E-state index is -3.00. The molecule has 4 aromatic rings. The van der Waals surface area contributed by atoms with Crippen molar-refractivity contribution < 1.29 is 23.4 Å². The number of ether oxygens (including phenoxy) is 1. The number of aromatic nitrogens is 3. The summed E-state index contributed by atoms with van der Waals surface area (Å²) in [6, 6.07) is 12.1. The van der Waals surface area contributed by atoms with Crippen LogP contribution in [-0.2, 0) is 12.0 Å². The monoisotopic (exact) mass is 502 g/mol. The molecule has 0 unspecified atom stereocenters. The molecule has 2 aromatic carbocycles. The molecule has 0 spiro atoms. The molecular weight excluding hydrogens is 478 g/mol. The molecule has 0 saturated heterocycles. The first-order valence-corrected chi connectivity index (χ1v) is 12.3. The lowest BCUT2D eigenvalue weighted by molar-refractivity contribution is -0.0507. The van der Waals surface area contributed by atoms with E-state index in [1.54, 1.807) is 37.2 Å². The molecule has 2 bridgehead atoms. The highest BCUT2D eigenvalue weighted by Gasteiger charge is 2.45. The number of halogens is 2. The molecule has 3 aliphatic rings. The quantitative estimate of drug-likeness (QED) is 0.428. The first-order chi connectivity index (χ1) is 17.7. The van der Waals surface area contributed by atoms with Crippen LogP contribution in [0.3, 0.4) is 0 Å². The Bertz CT molecular complexity index is 1610. The average molecular weight is 503 g/mol. The van der Waals surface area contributed by atoms with Gasteiger partial charge in [-0.25, -0.2) is 4.98 Å². The van der Waals surface area contributed by atoms with E-state index in [1.807, 2.05) is 18.2 Å².